The van der Waals surface area contributed by atoms with Crippen LogP contribution in [0.5, 0.6) is 0 Å². The minimum Gasteiger partial charge on any atom is -0.321 e. The number of pyridine rings is 2. The van der Waals surface area contributed by atoms with E-state index >= 15 is 0 Å². The first-order valence-corrected chi connectivity index (χ1v) is 10.4. The van der Waals surface area contributed by atoms with Crippen molar-refractivity contribution in [3.63, 3.8) is 0 Å². The number of nitrogens with one attached hydrogen (secondary N) is 1. The minimum atomic E-state index is -0.391. The molecule has 3 aromatic carbocycles. The van der Waals surface area contributed by atoms with E-state index < -0.39 is 5.56 Å². The van der Waals surface area contributed by atoms with Crippen LogP contribution in [0.4, 0.5) is 0 Å². The number of hydrogen-bond donors (Lipinski definition) is 1. The van der Waals surface area contributed by atoms with Gasteiger partial charge in [-0.25, -0.2) is 0 Å². The largest absolute Gasteiger partial charge is 0.321 e. The van der Waals surface area contributed by atoms with Gasteiger partial charge in [-0.3, -0.25) is 14.6 Å². The minimum absolute atomic E-state index is 0.146. The molecule has 0 bridgehead atoms. The Bertz CT molecular complexity index is 1560. The highest BCUT2D eigenvalue weighted by Gasteiger charge is 2.19. The van der Waals surface area contributed by atoms with E-state index in [0.29, 0.717) is 11.1 Å². The molecule has 0 aliphatic carbocycles. The summed E-state index contributed by atoms with van der Waals surface area (Å²) in [5, 5.41) is 1.84. The Morgan fingerprint density at radius 1 is 0.938 bits per heavy atom. The number of fused-ring (bicyclic) bond motifs is 2. The lowest BCUT2D eigenvalue weighted by Gasteiger charge is -2.12. The van der Waals surface area contributed by atoms with Crippen molar-refractivity contribution in [1.82, 2.24) is 9.97 Å². The Morgan fingerprint density at radius 3 is 2.62 bits per heavy atom. The van der Waals surface area contributed by atoms with Gasteiger partial charge < -0.3 is 4.98 Å². The molecule has 4 nitrogen and oxygen atoms in total. The topological polar surface area (TPSA) is 62.8 Å². The number of aromatic amines is 1. The van der Waals surface area contributed by atoms with Gasteiger partial charge in [-0.15, -0.1) is 0 Å². The molecule has 0 spiro atoms. The van der Waals surface area contributed by atoms with Gasteiger partial charge in [0, 0.05) is 28.0 Å². The number of nitrogens with zero attached hydrogens (tertiary/aromatic N) is 1. The maximum Gasteiger partial charge on any atom is 0.260 e. The first-order chi connectivity index (χ1) is 15.6. The van der Waals surface area contributed by atoms with E-state index in [1.807, 2.05) is 85.8 Å². The predicted octanol–water partition coefficient (Wildman–Crippen LogP) is 5.95. The third-order valence-electron chi connectivity index (χ3n) is 5.53. The van der Waals surface area contributed by atoms with Crippen molar-refractivity contribution in [3.05, 3.63) is 118 Å². The van der Waals surface area contributed by atoms with E-state index in [2.05, 4.69) is 9.97 Å². The number of carbonyl (C=O) groups excluding carboxylic acids is 1. The summed E-state index contributed by atoms with van der Waals surface area (Å²) in [6.45, 7) is 2.00. The fourth-order valence-electron chi connectivity index (χ4n) is 4.00. The summed E-state index contributed by atoms with van der Waals surface area (Å²) in [7, 11) is 0. The van der Waals surface area contributed by atoms with Crippen LogP contribution in [0.2, 0.25) is 0 Å². The molecule has 5 rings (SSSR count). The summed E-state index contributed by atoms with van der Waals surface area (Å²) in [5.74, 6) is -0.334. The third kappa shape index (κ3) is 3.63. The van der Waals surface area contributed by atoms with Crippen LogP contribution in [0.15, 0.2) is 95.9 Å². The zero-order valence-electron chi connectivity index (χ0n) is 17.5. The van der Waals surface area contributed by atoms with E-state index in [1.54, 1.807) is 12.3 Å². The highest BCUT2D eigenvalue weighted by molar-refractivity contribution is 6.15. The number of ketones is 1. The van der Waals surface area contributed by atoms with Crippen molar-refractivity contribution in [2.24, 2.45) is 0 Å². The molecule has 2 heterocycles. The number of allylic oxidation sites excluding steroid dienone is 1. The molecule has 154 valence electrons. The standard InChI is InChI=1S/C28H20N2O2/c1-18-9-12-24-22(16-18)26(20-6-3-2-4-7-20)27(28(32)30-24)25(31)14-11-19-10-13-23-21(17-19)8-5-15-29-23/h2-17H,1H3,(H,30,32)/b14-11+. The molecule has 1 N–H and O–H groups in total. The van der Waals surface area contributed by atoms with E-state index in [4.69, 9.17) is 0 Å². The Balaban J connectivity index is 1.65. The molecular weight excluding hydrogens is 396 g/mol. The molecule has 0 radical (unpaired) electrons. The lowest BCUT2D eigenvalue weighted by atomic mass is 9.93. The number of H-pyrrole nitrogens is 1. The lowest BCUT2D eigenvalue weighted by molar-refractivity contribution is 0.104. The third-order valence-corrected chi connectivity index (χ3v) is 5.53. The van der Waals surface area contributed by atoms with Crippen LogP contribution in [0.3, 0.4) is 0 Å². The summed E-state index contributed by atoms with van der Waals surface area (Å²) >= 11 is 0. The average molecular weight is 416 g/mol. The quantitative estimate of drug-likeness (QED) is 0.291. The second-order valence-corrected chi connectivity index (χ2v) is 7.77. The predicted molar refractivity (Wildman–Crippen MR) is 130 cm³/mol. The van der Waals surface area contributed by atoms with Crippen molar-refractivity contribution in [3.8, 4) is 11.1 Å². The van der Waals surface area contributed by atoms with Crippen LogP contribution in [-0.4, -0.2) is 15.8 Å². The first kappa shape index (κ1) is 19.6. The van der Waals surface area contributed by atoms with Crippen LogP contribution in [0.25, 0.3) is 39.0 Å². The molecule has 0 amide bonds. The molecule has 32 heavy (non-hydrogen) atoms. The van der Waals surface area contributed by atoms with Gasteiger partial charge in [0.25, 0.3) is 5.56 Å². The summed E-state index contributed by atoms with van der Waals surface area (Å²) < 4.78 is 0. The summed E-state index contributed by atoms with van der Waals surface area (Å²) in [4.78, 5) is 33.5. The van der Waals surface area contributed by atoms with E-state index in [-0.39, 0.29) is 11.3 Å². The van der Waals surface area contributed by atoms with Gasteiger partial charge in [-0.1, -0.05) is 60.2 Å². The van der Waals surface area contributed by atoms with E-state index in [9.17, 15) is 9.59 Å². The number of aromatic nitrogens is 2. The fourth-order valence-corrected chi connectivity index (χ4v) is 4.00. The normalized spacial score (nSPS) is 11.4. The maximum atomic E-state index is 13.3. The Kier molecular flexibility index (Phi) is 4.96. The van der Waals surface area contributed by atoms with Crippen LogP contribution >= 0.6 is 0 Å². The molecule has 0 saturated carbocycles. The number of aryl methyl sites for hydroxylation is 1. The highest BCUT2D eigenvalue weighted by atomic mass is 16.1. The maximum absolute atomic E-state index is 13.3. The monoisotopic (exact) mass is 416 g/mol. The molecule has 0 unspecified atom stereocenters. The van der Waals surface area contributed by atoms with Gasteiger partial charge in [0.2, 0.25) is 0 Å². The van der Waals surface area contributed by atoms with Gasteiger partial charge in [0.05, 0.1) is 11.1 Å². The second kappa shape index (κ2) is 8.08. The Labute approximate surface area is 184 Å². The number of carbonyl (C=O) groups is 1. The van der Waals surface area contributed by atoms with Gasteiger partial charge in [0.15, 0.2) is 5.78 Å². The molecule has 5 aromatic rings. The zero-order valence-corrected chi connectivity index (χ0v) is 17.5. The van der Waals surface area contributed by atoms with Crippen LogP contribution < -0.4 is 5.56 Å². The molecule has 0 fully saturated rings. The van der Waals surface area contributed by atoms with Crippen LogP contribution in [0.1, 0.15) is 21.5 Å². The van der Waals surface area contributed by atoms with Gasteiger partial charge in [-0.2, -0.15) is 0 Å². The van der Waals surface area contributed by atoms with Crippen molar-refractivity contribution < 1.29 is 4.79 Å². The Morgan fingerprint density at radius 2 is 1.78 bits per heavy atom. The molecular formula is C28H20N2O2. The molecule has 2 aromatic heterocycles. The van der Waals surface area contributed by atoms with Gasteiger partial charge in [0.1, 0.15) is 0 Å². The molecule has 0 aliphatic heterocycles. The van der Waals surface area contributed by atoms with Crippen LogP contribution in [-0.2, 0) is 0 Å². The fraction of sp³-hybridized carbons (Fsp3) is 0.0357. The summed E-state index contributed by atoms with van der Waals surface area (Å²) in [6.07, 6.45) is 4.96. The summed E-state index contributed by atoms with van der Waals surface area (Å²) in [6, 6.07) is 25.1. The van der Waals surface area contributed by atoms with E-state index in [0.717, 1.165) is 33.0 Å². The molecule has 0 aliphatic rings. The van der Waals surface area contributed by atoms with Crippen molar-refractivity contribution in [1.29, 1.82) is 0 Å². The van der Waals surface area contributed by atoms with Gasteiger partial charge in [-0.05, 0) is 54.5 Å². The Hall–Kier alpha value is -4.31. The smallest absolute Gasteiger partial charge is 0.260 e. The van der Waals surface area contributed by atoms with Crippen molar-refractivity contribution >= 4 is 33.7 Å². The van der Waals surface area contributed by atoms with Crippen molar-refractivity contribution in [2.45, 2.75) is 6.92 Å². The molecule has 4 heteroatoms. The highest BCUT2D eigenvalue weighted by Crippen LogP contribution is 2.30. The van der Waals surface area contributed by atoms with Crippen LogP contribution in [0, 0.1) is 6.92 Å². The average Bonchev–Trinajstić information content (AvgIpc) is 2.82. The lowest BCUT2D eigenvalue weighted by Crippen LogP contribution is -2.18. The first-order valence-electron chi connectivity index (χ1n) is 10.4. The second-order valence-electron chi connectivity index (χ2n) is 7.77. The van der Waals surface area contributed by atoms with Crippen molar-refractivity contribution in [2.75, 3.05) is 0 Å². The zero-order chi connectivity index (χ0) is 22.1. The number of benzene rings is 3. The number of hydrogen-bond acceptors (Lipinski definition) is 3. The SMILES string of the molecule is Cc1ccc2[nH]c(=O)c(C(=O)/C=C/c3ccc4ncccc4c3)c(-c3ccccc3)c2c1. The molecule has 0 saturated heterocycles. The number of rotatable bonds is 4. The van der Waals surface area contributed by atoms with E-state index in [1.165, 1.54) is 6.08 Å². The summed E-state index contributed by atoms with van der Waals surface area (Å²) in [5.41, 5.74) is 4.78. The van der Waals surface area contributed by atoms with Gasteiger partial charge >= 0.3 is 0 Å². The molecule has 0 atom stereocenters.